The summed E-state index contributed by atoms with van der Waals surface area (Å²) in [6, 6.07) is 3.42. The molecule has 1 spiro atoms. The summed E-state index contributed by atoms with van der Waals surface area (Å²) in [5, 5.41) is 3.88. The van der Waals surface area contributed by atoms with Gasteiger partial charge in [0, 0.05) is 73.1 Å². The maximum Gasteiger partial charge on any atom is 0.258 e. The maximum atomic E-state index is 15.6. The number of hydrogen-bond acceptors (Lipinski definition) is 5. The van der Waals surface area contributed by atoms with E-state index in [0.29, 0.717) is 16.6 Å². The number of anilines is 2. The van der Waals surface area contributed by atoms with E-state index in [1.807, 2.05) is 19.3 Å². The number of nitrogens with two attached hydrogens (primary N) is 1. The monoisotopic (exact) mass is 468 g/mol. The molecule has 0 radical (unpaired) electrons. The van der Waals surface area contributed by atoms with Gasteiger partial charge in [-0.2, -0.15) is 0 Å². The summed E-state index contributed by atoms with van der Waals surface area (Å²) in [7, 11) is 3.12. The van der Waals surface area contributed by atoms with Crippen LogP contribution in [0, 0.1) is 12.7 Å². The van der Waals surface area contributed by atoms with E-state index in [0.717, 1.165) is 43.0 Å². The second-order valence-corrected chi connectivity index (χ2v) is 9.59. The molecule has 172 valence electrons. The van der Waals surface area contributed by atoms with Gasteiger partial charge in [-0.3, -0.25) is 4.79 Å². The average molecular weight is 469 g/mol. The fraction of sp³-hybridized carbons (Fsp3) is 0.375. The molecular formula is C24H26ClFN6O. The predicted octanol–water partition coefficient (Wildman–Crippen LogP) is 4.42. The summed E-state index contributed by atoms with van der Waals surface area (Å²) >= 11 is 6.98. The lowest BCUT2D eigenvalue weighted by Crippen LogP contribution is -2.26. The highest BCUT2D eigenvalue weighted by molar-refractivity contribution is 6.34. The van der Waals surface area contributed by atoms with Crippen molar-refractivity contribution < 1.29 is 9.18 Å². The molecule has 3 aromatic rings. The number of pyridine rings is 1. The first kappa shape index (κ1) is 21.7. The van der Waals surface area contributed by atoms with Crippen LogP contribution in [0.3, 0.4) is 0 Å². The third kappa shape index (κ3) is 3.27. The van der Waals surface area contributed by atoms with Crippen molar-refractivity contribution in [2.75, 3.05) is 31.7 Å². The fourth-order valence-electron chi connectivity index (χ4n) is 5.37. The van der Waals surface area contributed by atoms with Crippen molar-refractivity contribution in [2.24, 2.45) is 0 Å². The molecule has 0 saturated heterocycles. The van der Waals surface area contributed by atoms with E-state index in [-0.39, 0.29) is 22.2 Å². The second kappa shape index (κ2) is 7.73. The van der Waals surface area contributed by atoms with Crippen LogP contribution >= 0.6 is 11.6 Å². The Hall–Kier alpha value is -3.13. The number of halogens is 2. The van der Waals surface area contributed by atoms with Crippen LogP contribution in [0.4, 0.5) is 15.9 Å². The Morgan fingerprint density at radius 3 is 2.82 bits per heavy atom. The van der Waals surface area contributed by atoms with E-state index in [1.165, 1.54) is 4.90 Å². The molecule has 1 amide bonds. The molecule has 3 heterocycles. The Labute approximate surface area is 196 Å². The number of aromatic nitrogens is 3. The molecule has 1 aromatic carbocycles. The normalized spacial score (nSPS) is 21.3. The molecule has 1 aliphatic carbocycles. The molecule has 2 aromatic heterocycles. The lowest BCUT2D eigenvalue weighted by atomic mass is 9.80. The zero-order valence-electron chi connectivity index (χ0n) is 18.8. The number of carbonyl (C=O) groups excluding carboxylic acids is 1. The molecule has 0 bridgehead atoms. The van der Waals surface area contributed by atoms with Crippen molar-refractivity contribution in [1.82, 2.24) is 19.4 Å². The molecule has 5 rings (SSSR count). The van der Waals surface area contributed by atoms with Crippen LogP contribution in [0.25, 0.3) is 11.1 Å². The van der Waals surface area contributed by atoms with Gasteiger partial charge in [0.2, 0.25) is 0 Å². The van der Waals surface area contributed by atoms with Gasteiger partial charge in [0.05, 0.1) is 10.6 Å². The van der Waals surface area contributed by atoms with Crippen LogP contribution in [0.2, 0.25) is 5.02 Å². The van der Waals surface area contributed by atoms with Crippen LogP contribution in [-0.2, 0) is 5.41 Å². The number of hydrogen-bond donors (Lipinski definition) is 2. The third-order valence-electron chi connectivity index (χ3n) is 7.06. The van der Waals surface area contributed by atoms with Crippen LogP contribution in [-0.4, -0.2) is 46.0 Å². The number of nitrogen functional groups attached to an aromatic ring is 1. The summed E-state index contributed by atoms with van der Waals surface area (Å²) < 4.78 is 17.8. The lowest BCUT2D eigenvalue weighted by Gasteiger charge is -2.26. The Bertz CT molecular complexity index is 1270. The smallest absolute Gasteiger partial charge is 0.258 e. The Kier molecular flexibility index (Phi) is 5.08. The Morgan fingerprint density at radius 1 is 1.33 bits per heavy atom. The minimum atomic E-state index is -0.685. The quantitative estimate of drug-likeness (QED) is 0.555. The van der Waals surface area contributed by atoms with Crippen molar-refractivity contribution >= 4 is 29.0 Å². The molecular weight excluding hydrogens is 443 g/mol. The SMILES string of the molecule is Cc1nccn1[C@H]1CC[C@@]2(CNc3ncc(-c4ccc(N)c(C(=O)N(C)C)c4F)c(Cl)c32)C1. The fourth-order valence-corrected chi connectivity index (χ4v) is 5.81. The molecule has 1 aliphatic heterocycles. The molecule has 9 heteroatoms. The average Bonchev–Trinajstić information content (AvgIpc) is 3.48. The third-order valence-corrected chi connectivity index (χ3v) is 7.46. The van der Waals surface area contributed by atoms with Crippen LogP contribution in [0.5, 0.6) is 0 Å². The van der Waals surface area contributed by atoms with E-state index >= 15 is 4.39 Å². The van der Waals surface area contributed by atoms with Gasteiger partial charge >= 0.3 is 0 Å². The molecule has 33 heavy (non-hydrogen) atoms. The van der Waals surface area contributed by atoms with Gasteiger partial charge in [-0.05, 0) is 38.3 Å². The number of imidazole rings is 1. The first-order valence-electron chi connectivity index (χ1n) is 11.0. The van der Waals surface area contributed by atoms with Crippen LogP contribution in [0.1, 0.15) is 47.1 Å². The maximum absolute atomic E-state index is 15.6. The highest BCUT2D eigenvalue weighted by Crippen LogP contribution is 2.54. The number of benzene rings is 1. The van der Waals surface area contributed by atoms with Crippen molar-refractivity contribution in [2.45, 2.75) is 37.6 Å². The zero-order chi connectivity index (χ0) is 23.5. The molecule has 2 atom stereocenters. The van der Waals surface area contributed by atoms with Gasteiger partial charge in [-0.15, -0.1) is 0 Å². The highest BCUT2D eigenvalue weighted by atomic mass is 35.5. The first-order chi connectivity index (χ1) is 15.7. The van der Waals surface area contributed by atoms with Crippen molar-refractivity contribution in [3.63, 3.8) is 0 Å². The van der Waals surface area contributed by atoms with Gasteiger partial charge in [0.1, 0.15) is 17.5 Å². The molecule has 1 saturated carbocycles. The number of carbonyl (C=O) groups is 1. The van der Waals surface area contributed by atoms with E-state index in [9.17, 15) is 4.79 Å². The predicted molar refractivity (Wildman–Crippen MR) is 127 cm³/mol. The zero-order valence-corrected chi connectivity index (χ0v) is 19.6. The second-order valence-electron chi connectivity index (χ2n) is 9.21. The van der Waals surface area contributed by atoms with Crippen molar-refractivity contribution in [3.8, 4) is 11.1 Å². The Morgan fingerprint density at radius 2 is 2.12 bits per heavy atom. The highest BCUT2D eigenvalue weighted by Gasteiger charge is 2.48. The number of nitrogens with one attached hydrogen (secondary N) is 1. The van der Waals surface area contributed by atoms with E-state index < -0.39 is 11.7 Å². The number of nitrogens with zero attached hydrogens (tertiary/aromatic N) is 4. The van der Waals surface area contributed by atoms with Gasteiger partial charge in [0.25, 0.3) is 5.91 Å². The number of amides is 1. The van der Waals surface area contributed by atoms with E-state index in [2.05, 4.69) is 19.9 Å². The summed E-state index contributed by atoms with van der Waals surface area (Å²) in [6.45, 7) is 2.74. The molecule has 0 unspecified atom stereocenters. The number of fused-ring (bicyclic) bond motifs is 2. The summed E-state index contributed by atoms with van der Waals surface area (Å²) in [5.74, 6) is 0.552. The van der Waals surface area contributed by atoms with Gasteiger partial charge < -0.3 is 20.5 Å². The lowest BCUT2D eigenvalue weighted by molar-refractivity contribution is 0.0824. The van der Waals surface area contributed by atoms with Crippen LogP contribution in [0.15, 0.2) is 30.7 Å². The molecule has 1 fully saturated rings. The minimum Gasteiger partial charge on any atom is -0.398 e. The number of aryl methyl sites for hydroxylation is 1. The van der Waals surface area contributed by atoms with Crippen molar-refractivity contribution in [3.05, 3.63) is 58.5 Å². The molecule has 2 aliphatic rings. The largest absolute Gasteiger partial charge is 0.398 e. The minimum absolute atomic E-state index is 0.0904. The van der Waals surface area contributed by atoms with E-state index in [4.69, 9.17) is 17.3 Å². The standard InChI is InChI=1S/C24H26ClFN6O/c1-13-28-8-9-32(13)14-6-7-24(10-14)12-30-22-19(24)20(25)16(11-29-22)15-4-5-17(27)18(21(15)26)23(33)31(2)3/h4-5,8-9,11,14H,6-7,10,12,27H2,1-3H3,(H,29,30)/t14-,24-/m0/s1. The van der Waals surface area contributed by atoms with Gasteiger partial charge in [0.15, 0.2) is 0 Å². The van der Waals surface area contributed by atoms with E-state index in [1.54, 1.807) is 32.4 Å². The molecule has 7 nitrogen and oxygen atoms in total. The topological polar surface area (TPSA) is 89.1 Å². The van der Waals surface area contributed by atoms with Crippen molar-refractivity contribution in [1.29, 1.82) is 0 Å². The number of rotatable bonds is 3. The first-order valence-corrected chi connectivity index (χ1v) is 11.3. The molecule has 3 N–H and O–H groups in total. The summed E-state index contributed by atoms with van der Waals surface area (Å²) in [6.07, 6.45) is 8.24. The summed E-state index contributed by atoms with van der Waals surface area (Å²) in [5.41, 5.74) is 7.31. The van der Waals surface area contributed by atoms with Crippen LogP contribution < -0.4 is 11.1 Å². The van der Waals surface area contributed by atoms with Gasteiger partial charge in [-0.25, -0.2) is 14.4 Å². The van der Waals surface area contributed by atoms with Gasteiger partial charge in [-0.1, -0.05) is 11.6 Å². The summed E-state index contributed by atoms with van der Waals surface area (Å²) in [4.78, 5) is 22.8. The Balaban J connectivity index is 1.59.